The molecule has 6 nitrogen and oxygen atoms in total. The van der Waals surface area contributed by atoms with Gasteiger partial charge in [0.1, 0.15) is 0 Å². The van der Waals surface area contributed by atoms with Crippen molar-refractivity contribution in [3.8, 4) is 6.07 Å². The van der Waals surface area contributed by atoms with Gasteiger partial charge in [-0.05, 0) is 18.2 Å². The Labute approximate surface area is 130 Å². The van der Waals surface area contributed by atoms with Crippen molar-refractivity contribution >= 4 is 21.6 Å². The van der Waals surface area contributed by atoms with Crippen molar-refractivity contribution in [2.45, 2.75) is 12.6 Å². The van der Waals surface area contributed by atoms with Crippen molar-refractivity contribution < 1.29 is 26.4 Å². The lowest BCUT2D eigenvalue weighted by Crippen LogP contribution is -2.27. The number of nitrogens with zero attached hydrogens (tertiary/aromatic N) is 2. The second-order valence-electron chi connectivity index (χ2n) is 5.24. The summed E-state index contributed by atoms with van der Waals surface area (Å²) in [6.07, 6.45) is -4.85. The molecule has 1 saturated heterocycles. The molecule has 1 unspecified atom stereocenters. The number of anilines is 1. The highest BCUT2D eigenvalue weighted by Crippen LogP contribution is 2.35. The van der Waals surface area contributed by atoms with E-state index < -0.39 is 44.9 Å². The van der Waals surface area contributed by atoms with Crippen LogP contribution >= 0.6 is 0 Å². The van der Waals surface area contributed by atoms with Crippen LogP contribution in [-0.4, -0.2) is 26.6 Å². The molecule has 124 valence electrons. The quantitative estimate of drug-likeness (QED) is 0.887. The molecular formula is C13H12F3N3O3S. The van der Waals surface area contributed by atoms with Crippen LogP contribution in [0.1, 0.15) is 17.5 Å². The number of rotatable bonds is 3. The van der Waals surface area contributed by atoms with Gasteiger partial charge in [0.25, 0.3) is 0 Å². The van der Waals surface area contributed by atoms with Crippen LogP contribution in [0.25, 0.3) is 0 Å². The monoisotopic (exact) mass is 347 g/mol. The summed E-state index contributed by atoms with van der Waals surface area (Å²) in [6.45, 7) is -0.0432. The van der Waals surface area contributed by atoms with E-state index in [2.05, 4.69) is 0 Å². The Morgan fingerprint density at radius 2 is 2.04 bits per heavy atom. The van der Waals surface area contributed by atoms with E-state index in [4.69, 9.17) is 10.4 Å². The summed E-state index contributed by atoms with van der Waals surface area (Å²) in [7, 11) is -3.78. The second-order valence-corrected chi connectivity index (χ2v) is 6.90. The SMILES string of the molecule is N#Cc1ccc(N2CC(CS(N)(=O)=O)CC2=O)cc1C(F)(F)F. The van der Waals surface area contributed by atoms with Crippen LogP contribution in [0.15, 0.2) is 18.2 Å². The van der Waals surface area contributed by atoms with E-state index in [1.807, 2.05) is 0 Å². The smallest absolute Gasteiger partial charge is 0.312 e. The molecule has 1 heterocycles. The molecule has 2 N–H and O–H groups in total. The van der Waals surface area contributed by atoms with Gasteiger partial charge in [0.05, 0.1) is 22.9 Å². The molecule has 1 atom stereocenters. The summed E-state index contributed by atoms with van der Waals surface area (Å²) >= 11 is 0. The van der Waals surface area contributed by atoms with Gasteiger partial charge >= 0.3 is 6.18 Å². The van der Waals surface area contributed by atoms with E-state index in [0.717, 1.165) is 17.0 Å². The van der Waals surface area contributed by atoms with Crippen LogP contribution in [0.3, 0.4) is 0 Å². The number of carbonyl (C=O) groups is 1. The lowest BCUT2D eigenvalue weighted by molar-refractivity contribution is -0.137. The summed E-state index contributed by atoms with van der Waals surface area (Å²) in [6, 6.07) is 4.38. The number of halogens is 3. The zero-order valence-corrected chi connectivity index (χ0v) is 12.5. The number of benzene rings is 1. The van der Waals surface area contributed by atoms with Crippen molar-refractivity contribution in [1.29, 1.82) is 5.26 Å². The molecule has 10 heteroatoms. The zero-order chi connectivity index (χ0) is 17.4. The van der Waals surface area contributed by atoms with Gasteiger partial charge in [0.15, 0.2) is 0 Å². The van der Waals surface area contributed by atoms with Crippen LogP contribution in [0.2, 0.25) is 0 Å². The van der Waals surface area contributed by atoms with Crippen molar-refractivity contribution in [3.63, 3.8) is 0 Å². The lowest BCUT2D eigenvalue weighted by Gasteiger charge is -2.19. The number of hydrogen-bond acceptors (Lipinski definition) is 4. The number of primary sulfonamides is 1. The molecule has 23 heavy (non-hydrogen) atoms. The Hall–Kier alpha value is -2.12. The van der Waals surface area contributed by atoms with E-state index in [1.54, 1.807) is 0 Å². The van der Waals surface area contributed by atoms with Crippen LogP contribution in [0.4, 0.5) is 18.9 Å². The van der Waals surface area contributed by atoms with Crippen molar-refractivity contribution in [2.75, 3.05) is 17.2 Å². The molecule has 0 saturated carbocycles. The van der Waals surface area contributed by atoms with Gasteiger partial charge in [-0.25, -0.2) is 13.6 Å². The minimum Gasteiger partial charge on any atom is -0.312 e. The predicted octanol–water partition coefficient (Wildman–Crippen LogP) is 1.22. The third-order valence-electron chi connectivity index (χ3n) is 3.41. The van der Waals surface area contributed by atoms with Crippen LogP contribution in [0.5, 0.6) is 0 Å². The molecule has 1 fully saturated rings. The fourth-order valence-corrected chi connectivity index (χ4v) is 3.38. The van der Waals surface area contributed by atoms with E-state index in [9.17, 15) is 26.4 Å². The molecule has 1 amide bonds. The fourth-order valence-electron chi connectivity index (χ4n) is 2.50. The maximum Gasteiger partial charge on any atom is 0.417 e. The molecule has 0 bridgehead atoms. The summed E-state index contributed by atoms with van der Waals surface area (Å²) in [5, 5.41) is 13.7. The highest BCUT2D eigenvalue weighted by atomic mass is 32.2. The summed E-state index contributed by atoms with van der Waals surface area (Å²) in [4.78, 5) is 13.0. The van der Waals surface area contributed by atoms with E-state index in [-0.39, 0.29) is 18.7 Å². The van der Waals surface area contributed by atoms with Crippen LogP contribution < -0.4 is 10.0 Å². The Balaban J connectivity index is 2.33. The van der Waals surface area contributed by atoms with E-state index in [0.29, 0.717) is 0 Å². The molecular weight excluding hydrogens is 335 g/mol. The Bertz CT molecular complexity index is 784. The molecule has 1 aromatic carbocycles. The summed E-state index contributed by atoms with van der Waals surface area (Å²) in [5.74, 6) is -1.49. The molecule has 1 aliphatic heterocycles. The second kappa shape index (κ2) is 5.82. The number of amides is 1. The predicted molar refractivity (Wildman–Crippen MR) is 74.6 cm³/mol. The third-order valence-corrected chi connectivity index (χ3v) is 4.35. The van der Waals surface area contributed by atoms with Gasteiger partial charge in [-0.3, -0.25) is 4.79 Å². The van der Waals surface area contributed by atoms with Crippen molar-refractivity contribution in [2.24, 2.45) is 11.1 Å². The minimum absolute atomic E-state index is 0.0294. The van der Waals surface area contributed by atoms with Gasteiger partial charge in [0, 0.05) is 24.6 Å². The molecule has 0 radical (unpaired) electrons. The highest BCUT2D eigenvalue weighted by molar-refractivity contribution is 7.89. The van der Waals surface area contributed by atoms with E-state index in [1.165, 1.54) is 12.1 Å². The standard InChI is InChI=1S/C13H12F3N3O3S/c14-13(15,16)11-4-10(2-1-9(11)5-17)19-6-8(3-12(19)20)7-23(18,21)22/h1-2,4,8H,3,6-7H2,(H2,18,21,22). The van der Waals surface area contributed by atoms with Crippen LogP contribution in [-0.2, 0) is 21.0 Å². The average molecular weight is 347 g/mol. The number of alkyl halides is 3. The Morgan fingerprint density at radius 3 is 2.57 bits per heavy atom. The van der Waals surface area contributed by atoms with Gasteiger partial charge in [0.2, 0.25) is 15.9 Å². The van der Waals surface area contributed by atoms with Gasteiger partial charge in [-0.15, -0.1) is 0 Å². The summed E-state index contributed by atoms with van der Waals surface area (Å²) in [5.41, 5.74) is -1.72. The number of sulfonamides is 1. The van der Waals surface area contributed by atoms with Crippen molar-refractivity contribution in [3.05, 3.63) is 29.3 Å². The number of carbonyl (C=O) groups excluding carboxylic acids is 1. The third kappa shape index (κ3) is 4.00. The lowest BCUT2D eigenvalue weighted by atomic mass is 10.1. The first-order valence-corrected chi connectivity index (χ1v) is 8.15. The average Bonchev–Trinajstić information content (AvgIpc) is 2.75. The van der Waals surface area contributed by atoms with Gasteiger partial charge in [-0.2, -0.15) is 18.4 Å². The molecule has 1 aliphatic rings. The molecule has 0 aromatic heterocycles. The first-order chi connectivity index (χ1) is 10.5. The Kier molecular flexibility index (Phi) is 4.37. The first kappa shape index (κ1) is 17.2. The van der Waals surface area contributed by atoms with Crippen LogP contribution in [0, 0.1) is 17.2 Å². The summed E-state index contributed by atoms with van der Waals surface area (Å²) < 4.78 is 61.0. The van der Waals surface area contributed by atoms with Gasteiger partial charge < -0.3 is 4.90 Å². The number of hydrogen-bond donors (Lipinski definition) is 1. The van der Waals surface area contributed by atoms with Gasteiger partial charge in [-0.1, -0.05) is 0 Å². The number of nitriles is 1. The normalized spacial score (nSPS) is 19.0. The first-order valence-electron chi connectivity index (χ1n) is 6.43. The molecule has 2 rings (SSSR count). The molecule has 1 aromatic rings. The zero-order valence-electron chi connectivity index (χ0n) is 11.7. The van der Waals surface area contributed by atoms with Crippen molar-refractivity contribution in [1.82, 2.24) is 0 Å². The topological polar surface area (TPSA) is 104 Å². The Morgan fingerprint density at radius 1 is 1.39 bits per heavy atom. The minimum atomic E-state index is -4.73. The highest BCUT2D eigenvalue weighted by Gasteiger charge is 2.37. The maximum absolute atomic E-state index is 12.9. The number of nitrogens with two attached hydrogens (primary N) is 1. The fraction of sp³-hybridized carbons (Fsp3) is 0.385. The molecule has 0 spiro atoms. The maximum atomic E-state index is 12.9. The molecule has 0 aliphatic carbocycles. The largest absolute Gasteiger partial charge is 0.417 e. The van der Waals surface area contributed by atoms with E-state index >= 15 is 0 Å².